The lowest BCUT2D eigenvalue weighted by Gasteiger charge is -2.32. The lowest BCUT2D eigenvalue weighted by Crippen LogP contribution is -2.31. The van der Waals surface area contributed by atoms with Crippen LogP contribution in [0.5, 0.6) is 0 Å². The number of nitrogens with zero attached hydrogens (tertiary/aromatic N) is 1. The Bertz CT molecular complexity index is 311. The minimum Gasteiger partial charge on any atom is -0.372 e. The van der Waals surface area contributed by atoms with Crippen LogP contribution in [-0.4, -0.2) is 23.6 Å². The van der Waals surface area contributed by atoms with Gasteiger partial charge in [-0.1, -0.05) is 39.3 Å². The van der Waals surface area contributed by atoms with Gasteiger partial charge in [-0.15, -0.1) is 9.24 Å². The molecule has 0 radical (unpaired) electrons. The Labute approximate surface area is 109 Å². The van der Waals surface area contributed by atoms with Crippen LogP contribution in [0.2, 0.25) is 0 Å². The average Bonchev–Trinajstić information content (AvgIpc) is 2.31. The van der Waals surface area contributed by atoms with E-state index in [9.17, 15) is 0 Å². The zero-order chi connectivity index (χ0) is 12.8. The molecule has 0 aliphatic heterocycles. The first-order valence-corrected chi connectivity index (χ1v) is 7.33. The van der Waals surface area contributed by atoms with Crippen LogP contribution in [-0.2, 0) is 0 Å². The molecule has 2 atom stereocenters. The summed E-state index contributed by atoms with van der Waals surface area (Å²) < 4.78 is 0. The van der Waals surface area contributed by atoms with E-state index in [-0.39, 0.29) is 0 Å². The summed E-state index contributed by atoms with van der Waals surface area (Å²) in [5.74, 6) is 0. The molecule has 96 valence electrons. The summed E-state index contributed by atoms with van der Waals surface area (Å²) in [4.78, 5) is 2.42. The van der Waals surface area contributed by atoms with Gasteiger partial charge in [0.25, 0.3) is 0 Å². The maximum absolute atomic E-state index is 4.10. The van der Waals surface area contributed by atoms with Crippen molar-refractivity contribution < 1.29 is 0 Å². The lowest BCUT2D eigenvalue weighted by atomic mass is 10.0. The van der Waals surface area contributed by atoms with Gasteiger partial charge in [0, 0.05) is 24.4 Å². The van der Waals surface area contributed by atoms with Crippen LogP contribution in [0.3, 0.4) is 0 Å². The molecule has 1 rings (SSSR count). The Balaban J connectivity index is 2.73. The first-order valence-electron chi connectivity index (χ1n) is 6.67. The molecule has 0 amide bonds. The van der Waals surface area contributed by atoms with Gasteiger partial charge in [0.05, 0.1) is 0 Å². The van der Waals surface area contributed by atoms with Crippen molar-refractivity contribution >= 4 is 9.24 Å². The molecular formula is C15H26NP. The fourth-order valence-electron chi connectivity index (χ4n) is 2.29. The highest BCUT2D eigenvalue weighted by atomic mass is 31.0. The third-order valence-electron chi connectivity index (χ3n) is 3.43. The van der Waals surface area contributed by atoms with Crippen LogP contribution < -0.4 is 0 Å². The van der Waals surface area contributed by atoms with E-state index in [0.717, 1.165) is 0 Å². The molecule has 0 heterocycles. The van der Waals surface area contributed by atoms with Crippen LogP contribution in [0.25, 0.3) is 0 Å². The van der Waals surface area contributed by atoms with Crippen molar-refractivity contribution in [1.82, 2.24) is 4.90 Å². The fourth-order valence-corrected chi connectivity index (χ4v) is 2.50. The van der Waals surface area contributed by atoms with E-state index in [1.165, 1.54) is 37.0 Å². The number of hydrogen-bond acceptors (Lipinski definition) is 1. The van der Waals surface area contributed by atoms with Gasteiger partial charge in [0.15, 0.2) is 0 Å². The van der Waals surface area contributed by atoms with Crippen LogP contribution in [0.1, 0.15) is 39.5 Å². The summed E-state index contributed by atoms with van der Waals surface area (Å²) in [6.45, 7) is 8.63. The van der Waals surface area contributed by atoms with Crippen LogP contribution in [0, 0.1) is 0 Å². The van der Waals surface area contributed by atoms with Crippen molar-refractivity contribution in [3.8, 4) is 0 Å². The first-order chi connectivity index (χ1) is 8.10. The predicted molar refractivity (Wildman–Crippen MR) is 81.2 cm³/mol. The molecule has 2 unspecified atom stereocenters. The zero-order valence-corrected chi connectivity index (χ0v) is 12.6. The van der Waals surface area contributed by atoms with Gasteiger partial charge in [-0.2, -0.15) is 0 Å². The predicted octanol–water partition coefficient (Wildman–Crippen LogP) is 4.14. The van der Waals surface area contributed by atoms with Gasteiger partial charge in [0.1, 0.15) is 0 Å². The molecule has 0 aromatic heterocycles. The average molecular weight is 251 g/mol. The summed E-state index contributed by atoms with van der Waals surface area (Å²) in [5, 5.41) is 0. The topological polar surface area (TPSA) is 3.24 Å². The van der Waals surface area contributed by atoms with E-state index in [4.69, 9.17) is 0 Å². The molecule has 1 aliphatic rings. The molecule has 17 heavy (non-hydrogen) atoms. The van der Waals surface area contributed by atoms with Crippen LogP contribution in [0.15, 0.2) is 36.1 Å². The molecule has 0 fully saturated rings. The third kappa shape index (κ3) is 4.00. The van der Waals surface area contributed by atoms with E-state index in [0.29, 0.717) is 11.7 Å². The normalized spacial score (nSPS) is 19.7. The van der Waals surface area contributed by atoms with E-state index >= 15 is 0 Å². The minimum absolute atomic E-state index is 0.406. The molecule has 1 nitrogen and oxygen atoms in total. The smallest absolute Gasteiger partial charge is 0.0366 e. The second-order valence-corrected chi connectivity index (χ2v) is 5.59. The van der Waals surface area contributed by atoms with Crippen molar-refractivity contribution in [3.63, 3.8) is 0 Å². The SMILES string of the molecule is C=C1C=C(N(C)C(CCC)CCC)C=CC1P. The summed E-state index contributed by atoms with van der Waals surface area (Å²) in [6, 6.07) is 0.662. The molecule has 0 aromatic rings. The van der Waals surface area contributed by atoms with Crippen LogP contribution >= 0.6 is 9.24 Å². The third-order valence-corrected chi connectivity index (χ3v) is 4.08. The Morgan fingerprint density at radius 1 is 1.35 bits per heavy atom. The fraction of sp³-hybridized carbons (Fsp3) is 0.600. The summed E-state index contributed by atoms with van der Waals surface area (Å²) >= 11 is 0. The second kappa shape index (κ2) is 7.01. The van der Waals surface area contributed by atoms with Gasteiger partial charge in [-0.25, -0.2) is 0 Å². The highest BCUT2D eigenvalue weighted by Crippen LogP contribution is 2.25. The van der Waals surface area contributed by atoms with Crippen molar-refractivity contribution in [3.05, 3.63) is 36.1 Å². The number of hydrogen-bond donors (Lipinski definition) is 0. The molecule has 0 spiro atoms. The zero-order valence-electron chi connectivity index (χ0n) is 11.4. The Morgan fingerprint density at radius 2 is 1.94 bits per heavy atom. The van der Waals surface area contributed by atoms with Crippen molar-refractivity contribution in [2.24, 2.45) is 0 Å². The molecular weight excluding hydrogens is 225 g/mol. The number of rotatable bonds is 6. The van der Waals surface area contributed by atoms with Gasteiger partial charge in [-0.3, -0.25) is 0 Å². The van der Waals surface area contributed by atoms with Crippen LogP contribution in [0.4, 0.5) is 0 Å². The molecule has 0 saturated heterocycles. The molecule has 0 N–H and O–H groups in total. The van der Waals surface area contributed by atoms with Gasteiger partial charge >= 0.3 is 0 Å². The Kier molecular flexibility index (Phi) is 5.98. The second-order valence-electron chi connectivity index (χ2n) is 4.87. The van der Waals surface area contributed by atoms with Crippen molar-refractivity contribution in [2.45, 2.75) is 51.2 Å². The summed E-state index contributed by atoms with van der Waals surface area (Å²) in [5.41, 5.74) is 2.90. The lowest BCUT2D eigenvalue weighted by molar-refractivity contribution is 0.275. The van der Waals surface area contributed by atoms with Crippen molar-refractivity contribution in [2.75, 3.05) is 7.05 Å². The molecule has 2 heteroatoms. The quantitative estimate of drug-likeness (QED) is 0.641. The van der Waals surface area contributed by atoms with Crippen molar-refractivity contribution in [1.29, 1.82) is 0 Å². The first kappa shape index (κ1) is 14.5. The monoisotopic (exact) mass is 251 g/mol. The molecule has 0 aromatic carbocycles. The Morgan fingerprint density at radius 3 is 2.41 bits per heavy atom. The standard InChI is InChI=1S/C15H26NP/c1-5-7-13(8-6-2)16(4)14-9-10-15(17)12(3)11-14/h9-11,13,15H,3,5-8,17H2,1-2,4H3. The minimum atomic E-state index is 0.406. The summed E-state index contributed by atoms with van der Waals surface area (Å²) in [7, 11) is 5.02. The highest BCUT2D eigenvalue weighted by molar-refractivity contribution is 7.18. The molecule has 0 bridgehead atoms. The van der Waals surface area contributed by atoms with E-state index < -0.39 is 0 Å². The Hall–Kier alpha value is -0.550. The maximum Gasteiger partial charge on any atom is 0.0366 e. The van der Waals surface area contributed by atoms with Gasteiger partial charge in [0.2, 0.25) is 0 Å². The van der Waals surface area contributed by atoms with E-state index in [1.807, 2.05) is 0 Å². The molecule has 1 aliphatic carbocycles. The largest absolute Gasteiger partial charge is 0.372 e. The van der Waals surface area contributed by atoms with E-state index in [2.05, 4.69) is 59.8 Å². The molecule has 0 saturated carbocycles. The number of likely N-dealkylation sites (N-methyl/N-ethyl adjacent to an activating group) is 1. The maximum atomic E-state index is 4.10. The summed E-state index contributed by atoms with van der Waals surface area (Å²) in [6.07, 6.45) is 11.7. The van der Waals surface area contributed by atoms with Gasteiger partial charge < -0.3 is 4.90 Å². The van der Waals surface area contributed by atoms with Gasteiger partial charge in [-0.05, 0) is 30.6 Å². The highest BCUT2D eigenvalue weighted by Gasteiger charge is 2.17. The number of allylic oxidation sites excluding steroid dienone is 4. The van der Waals surface area contributed by atoms with E-state index in [1.54, 1.807) is 0 Å².